The maximum absolute atomic E-state index is 12.1. The molecule has 5 nitrogen and oxygen atoms in total. The lowest BCUT2D eigenvalue weighted by atomic mass is 10.2. The van der Waals surface area contributed by atoms with Crippen LogP contribution >= 0.6 is 11.8 Å². The number of carbonyl (C=O) groups excluding carboxylic acids is 1. The first-order chi connectivity index (χ1) is 11.1. The van der Waals surface area contributed by atoms with Gasteiger partial charge in [0.2, 0.25) is 0 Å². The standard InChI is InChI=1S/C17H21N3O2S/c1-4-16(17(21)20-10-6-9-19-12-18)23-13(2)14-7-5-8-15(11-14)22-3/h4-5,7-8,11,19H,2,6,9-10H2,1,3H3,(H,20,21)/b16-4-. The summed E-state index contributed by atoms with van der Waals surface area (Å²) in [5.74, 6) is 0.610. The summed E-state index contributed by atoms with van der Waals surface area (Å²) < 4.78 is 5.20. The zero-order valence-corrected chi connectivity index (χ0v) is 14.2. The molecule has 0 atom stereocenters. The van der Waals surface area contributed by atoms with Gasteiger partial charge in [0, 0.05) is 18.0 Å². The van der Waals surface area contributed by atoms with Gasteiger partial charge in [-0.3, -0.25) is 4.79 Å². The van der Waals surface area contributed by atoms with Crippen LogP contribution in [-0.2, 0) is 4.79 Å². The zero-order chi connectivity index (χ0) is 17.1. The number of rotatable bonds is 9. The van der Waals surface area contributed by atoms with Crippen molar-refractivity contribution in [2.45, 2.75) is 13.3 Å². The second-order valence-electron chi connectivity index (χ2n) is 4.56. The van der Waals surface area contributed by atoms with Crippen molar-refractivity contribution in [2.24, 2.45) is 0 Å². The number of carbonyl (C=O) groups is 1. The topological polar surface area (TPSA) is 74.2 Å². The number of amides is 1. The summed E-state index contributed by atoms with van der Waals surface area (Å²) in [6.45, 7) is 6.91. The van der Waals surface area contributed by atoms with E-state index in [1.807, 2.05) is 37.4 Å². The molecule has 0 saturated carbocycles. The molecule has 1 rings (SSSR count). The first kappa shape index (κ1) is 18.7. The zero-order valence-electron chi connectivity index (χ0n) is 13.4. The number of allylic oxidation sites excluding steroid dienone is 1. The minimum atomic E-state index is -0.140. The highest BCUT2D eigenvalue weighted by atomic mass is 32.2. The molecule has 0 radical (unpaired) electrons. The van der Waals surface area contributed by atoms with Crippen LogP contribution in [0.3, 0.4) is 0 Å². The number of ether oxygens (including phenoxy) is 1. The molecule has 0 heterocycles. The van der Waals surface area contributed by atoms with Gasteiger partial charge in [0.15, 0.2) is 6.19 Å². The summed E-state index contributed by atoms with van der Waals surface area (Å²) in [6.07, 6.45) is 4.30. The van der Waals surface area contributed by atoms with E-state index in [-0.39, 0.29) is 5.91 Å². The summed E-state index contributed by atoms with van der Waals surface area (Å²) in [7, 11) is 1.61. The number of nitrogens with zero attached hydrogens (tertiary/aromatic N) is 1. The fourth-order valence-corrected chi connectivity index (χ4v) is 2.54. The van der Waals surface area contributed by atoms with E-state index in [4.69, 9.17) is 10.00 Å². The first-order valence-electron chi connectivity index (χ1n) is 7.20. The van der Waals surface area contributed by atoms with E-state index < -0.39 is 0 Å². The Balaban J connectivity index is 2.56. The number of hydrogen-bond acceptors (Lipinski definition) is 5. The maximum Gasteiger partial charge on any atom is 0.257 e. The third kappa shape index (κ3) is 6.49. The molecule has 0 fully saturated rings. The minimum Gasteiger partial charge on any atom is -0.497 e. The smallest absolute Gasteiger partial charge is 0.257 e. The highest BCUT2D eigenvalue weighted by molar-refractivity contribution is 8.12. The lowest BCUT2D eigenvalue weighted by molar-refractivity contribution is -0.116. The van der Waals surface area contributed by atoms with Crippen LogP contribution in [0.1, 0.15) is 18.9 Å². The monoisotopic (exact) mass is 331 g/mol. The van der Waals surface area contributed by atoms with Crippen LogP contribution in [0.2, 0.25) is 0 Å². The van der Waals surface area contributed by atoms with Gasteiger partial charge in [0.1, 0.15) is 5.75 Å². The molecule has 23 heavy (non-hydrogen) atoms. The van der Waals surface area contributed by atoms with Crippen LogP contribution in [0.4, 0.5) is 0 Å². The molecule has 0 aliphatic rings. The van der Waals surface area contributed by atoms with Gasteiger partial charge in [-0.2, -0.15) is 5.26 Å². The lowest BCUT2D eigenvalue weighted by Crippen LogP contribution is -2.27. The predicted octanol–water partition coefficient (Wildman–Crippen LogP) is 2.88. The average Bonchev–Trinajstić information content (AvgIpc) is 2.59. The van der Waals surface area contributed by atoms with Crippen molar-refractivity contribution < 1.29 is 9.53 Å². The Hall–Kier alpha value is -2.39. The van der Waals surface area contributed by atoms with Gasteiger partial charge < -0.3 is 15.4 Å². The Morgan fingerprint density at radius 1 is 1.48 bits per heavy atom. The summed E-state index contributed by atoms with van der Waals surface area (Å²) in [4.78, 5) is 13.5. The number of nitrogens with one attached hydrogen (secondary N) is 2. The SMILES string of the molecule is C=C(S/C(=C\C)C(=O)NCCCNC#N)c1cccc(OC)c1. The molecular weight excluding hydrogens is 310 g/mol. The van der Waals surface area contributed by atoms with E-state index in [9.17, 15) is 4.79 Å². The minimum absolute atomic E-state index is 0.140. The highest BCUT2D eigenvalue weighted by Gasteiger charge is 2.12. The van der Waals surface area contributed by atoms with Crippen molar-refractivity contribution in [1.82, 2.24) is 10.6 Å². The molecule has 0 aliphatic heterocycles. The van der Waals surface area contributed by atoms with Gasteiger partial charge in [0.25, 0.3) is 5.91 Å². The Kier molecular flexibility index (Phi) is 8.40. The molecule has 1 aromatic carbocycles. The van der Waals surface area contributed by atoms with Gasteiger partial charge in [-0.1, -0.05) is 36.5 Å². The van der Waals surface area contributed by atoms with Crippen molar-refractivity contribution in [3.05, 3.63) is 47.4 Å². The van der Waals surface area contributed by atoms with Crippen LogP contribution in [-0.4, -0.2) is 26.1 Å². The van der Waals surface area contributed by atoms with E-state index in [2.05, 4.69) is 17.2 Å². The van der Waals surface area contributed by atoms with E-state index in [0.717, 1.165) is 16.2 Å². The molecule has 1 amide bonds. The number of benzene rings is 1. The third-order valence-corrected chi connectivity index (χ3v) is 4.08. The van der Waals surface area contributed by atoms with Crippen LogP contribution in [0, 0.1) is 11.5 Å². The second-order valence-corrected chi connectivity index (χ2v) is 5.69. The van der Waals surface area contributed by atoms with Gasteiger partial charge in [-0.15, -0.1) is 0 Å². The highest BCUT2D eigenvalue weighted by Crippen LogP contribution is 2.33. The molecule has 0 aliphatic carbocycles. The number of hydrogen-bond donors (Lipinski definition) is 2. The Labute approximate surface area is 141 Å². The molecule has 0 spiro atoms. The molecule has 0 saturated heterocycles. The number of nitriles is 1. The molecule has 0 aromatic heterocycles. The van der Waals surface area contributed by atoms with Crippen LogP contribution < -0.4 is 15.4 Å². The van der Waals surface area contributed by atoms with Gasteiger partial charge >= 0.3 is 0 Å². The predicted molar refractivity (Wildman–Crippen MR) is 94.6 cm³/mol. The molecule has 1 aromatic rings. The van der Waals surface area contributed by atoms with E-state index in [1.54, 1.807) is 13.2 Å². The van der Waals surface area contributed by atoms with Gasteiger partial charge in [-0.05, 0) is 31.0 Å². The largest absolute Gasteiger partial charge is 0.497 e. The Morgan fingerprint density at radius 3 is 2.91 bits per heavy atom. The summed E-state index contributed by atoms with van der Waals surface area (Å²) in [6, 6.07) is 7.56. The summed E-state index contributed by atoms with van der Waals surface area (Å²) in [5, 5.41) is 13.7. The summed E-state index contributed by atoms with van der Waals surface area (Å²) >= 11 is 1.32. The van der Waals surface area contributed by atoms with Crippen molar-refractivity contribution in [1.29, 1.82) is 5.26 Å². The fourth-order valence-electron chi connectivity index (χ4n) is 1.75. The van der Waals surface area contributed by atoms with E-state index in [1.165, 1.54) is 11.8 Å². The van der Waals surface area contributed by atoms with Crippen LogP contribution in [0.5, 0.6) is 5.75 Å². The van der Waals surface area contributed by atoms with Crippen molar-refractivity contribution in [2.75, 3.05) is 20.2 Å². The molecule has 122 valence electrons. The second kappa shape index (κ2) is 10.4. The summed E-state index contributed by atoms with van der Waals surface area (Å²) in [5.41, 5.74) is 0.916. The molecule has 0 unspecified atom stereocenters. The normalized spacial score (nSPS) is 10.6. The Morgan fingerprint density at radius 2 is 2.26 bits per heavy atom. The quantitative estimate of drug-likeness (QED) is 0.315. The molecule has 0 bridgehead atoms. The molecule has 6 heteroatoms. The fraction of sp³-hybridized carbons (Fsp3) is 0.294. The Bertz CT molecular complexity index is 621. The third-order valence-electron chi connectivity index (χ3n) is 2.95. The number of thioether (sulfide) groups is 1. The van der Waals surface area contributed by atoms with E-state index in [0.29, 0.717) is 24.4 Å². The first-order valence-corrected chi connectivity index (χ1v) is 8.01. The molecular formula is C17H21N3O2S. The van der Waals surface area contributed by atoms with E-state index >= 15 is 0 Å². The van der Waals surface area contributed by atoms with Gasteiger partial charge in [0.05, 0.1) is 12.0 Å². The maximum atomic E-state index is 12.1. The van der Waals surface area contributed by atoms with Crippen molar-refractivity contribution in [3.63, 3.8) is 0 Å². The van der Waals surface area contributed by atoms with Crippen LogP contribution in [0.15, 0.2) is 41.8 Å². The average molecular weight is 331 g/mol. The van der Waals surface area contributed by atoms with Crippen molar-refractivity contribution >= 4 is 22.6 Å². The van der Waals surface area contributed by atoms with Crippen LogP contribution in [0.25, 0.3) is 4.91 Å². The van der Waals surface area contributed by atoms with Gasteiger partial charge in [-0.25, -0.2) is 0 Å². The van der Waals surface area contributed by atoms with Crippen molar-refractivity contribution in [3.8, 4) is 11.9 Å². The number of methoxy groups -OCH3 is 1. The molecule has 2 N–H and O–H groups in total. The lowest BCUT2D eigenvalue weighted by Gasteiger charge is -2.11.